The van der Waals surface area contributed by atoms with Crippen molar-refractivity contribution in [2.24, 2.45) is 0 Å². The molecule has 0 amide bonds. The molecule has 0 bridgehead atoms. The predicted molar refractivity (Wildman–Crippen MR) is 115 cm³/mol. The number of pyridine rings is 2. The van der Waals surface area contributed by atoms with Crippen molar-refractivity contribution in [3.63, 3.8) is 0 Å². The van der Waals surface area contributed by atoms with E-state index in [1.807, 2.05) is 50.4 Å². The fraction of sp³-hybridized carbons (Fsp3) is 0.273. The van der Waals surface area contributed by atoms with Gasteiger partial charge in [-0.15, -0.1) is 0 Å². The fourth-order valence-corrected chi connectivity index (χ4v) is 5.26. The van der Waals surface area contributed by atoms with Gasteiger partial charge in [-0.25, -0.2) is 0 Å². The number of benzene rings is 1. The first-order valence-corrected chi connectivity index (χ1v) is 11.5. The lowest BCUT2D eigenvalue weighted by Crippen LogP contribution is -2.03. The Kier molecular flexibility index (Phi) is 5.76. The molecule has 0 fully saturated rings. The Labute approximate surface area is 170 Å². The van der Waals surface area contributed by atoms with Gasteiger partial charge in [-0.1, -0.05) is 24.3 Å². The standard InChI is InChI=1S/C22H24N3O3P/c1-3-27-29(26,28-4-2)16-17-11-12-18(24-14-17)15-25-20-9-6-5-8-19(20)22-21(25)10-7-13-23-22/h5-14H,3-4,15-16H2,1-2H3. The summed E-state index contributed by atoms with van der Waals surface area (Å²) in [6, 6.07) is 16.2. The van der Waals surface area contributed by atoms with Gasteiger partial charge in [0.25, 0.3) is 0 Å². The van der Waals surface area contributed by atoms with E-state index in [9.17, 15) is 4.57 Å². The van der Waals surface area contributed by atoms with Crippen LogP contribution in [0, 0.1) is 0 Å². The van der Waals surface area contributed by atoms with E-state index >= 15 is 0 Å². The molecule has 0 aliphatic heterocycles. The Hall–Kier alpha value is -2.53. The van der Waals surface area contributed by atoms with Gasteiger partial charge in [0, 0.05) is 17.8 Å². The number of hydrogen-bond acceptors (Lipinski definition) is 5. The van der Waals surface area contributed by atoms with Crippen LogP contribution in [0.2, 0.25) is 0 Å². The Morgan fingerprint density at radius 2 is 1.69 bits per heavy atom. The van der Waals surface area contributed by atoms with Gasteiger partial charge in [0.05, 0.1) is 48.2 Å². The second-order valence-electron chi connectivity index (χ2n) is 6.74. The van der Waals surface area contributed by atoms with E-state index in [2.05, 4.69) is 32.7 Å². The van der Waals surface area contributed by atoms with Gasteiger partial charge in [0.15, 0.2) is 0 Å². The summed E-state index contributed by atoms with van der Waals surface area (Å²) in [6.07, 6.45) is 3.80. The maximum Gasteiger partial charge on any atom is 0.335 e. The van der Waals surface area contributed by atoms with Gasteiger partial charge in [-0.3, -0.25) is 14.5 Å². The van der Waals surface area contributed by atoms with E-state index in [-0.39, 0.29) is 6.16 Å². The highest BCUT2D eigenvalue weighted by molar-refractivity contribution is 7.53. The van der Waals surface area contributed by atoms with Crippen LogP contribution >= 0.6 is 7.60 Å². The van der Waals surface area contributed by atoms with Crippen LogP contribution in [-0.4, -0.2) is 27.7 Å². The molecule has 0 saturated carbocycles. The van der Waals surface area contributed by atoms with E-state index in [1.54, 1.807) is 6.20 Å². The number of rotatable bonds is 8. The maximum atomic E-state index is 12.7. The smallest absolute Gasteiger partial charge is 0.333 e. The van der Waals surface area contributed by atoms with E-state index in [0.717, 1.165) is 33.2 Å². The predicted octanol–water partition coefficient (Wildman–Crippen LogP) is 5.40. The lowest BCUT2D eigenvalue weighted by Gasteiger charge is -2.17. The summed E-state index contributed by atoms with van der Waals surface area (Å²) in [6.45, 7) is 4.96. The Morgan fingerprint density at radius 3 is 2.41 bits per heavy atom. The summed E-state index contributed by atoms with van der Waals surface area (Å²) in [5, 5.41) is 1.13. The fourth-order valence-electron chi connectivity index (χ4n) is 3.58. The Morgan fingerprint density at radius 1 is 0.931 bits per heavy atom. The van der Waals surface area contributed by atoms with Crippen molar-refractivity contribution in [1.29, 1.82) is 0 Å². The average Bonchev–Trinajstić information content (AvgIpc) is 3.04. The molecule has 0 aliphatic carbocycles. The molecule has 0 spiro atoms. The molecule has 3 heterocycles. The summed E-state index contributed by atoms with van der Waals surface area (Å²) in [7, 11) is -3.13. The third-order valence-electron chi connectivity index (χ3n) is 4.76. The van der Waals surface area contributed by atoms with Crippen LogP contribution in [0.15, 0.2) is 60.9 Å². The highest BCUT2D eigenvalue weighted by Crippen LogP contribution is 2.51. The number of para-hydroxylation sites is 1. The van der Waals surface area contributed by atoms with Crippen LogP contribution in [0.3, 0.4) is 0 Å². The van der Waals surface area contributed by atoms with E-state index in [1.165, 1.54) is 0 Å². The largest absolute Gasteiger partial charge is 0.335 e. The lowest BCUT2D eigenvalue weighted by atomic mass is 10.2. The zero-order valence-corrected chi connectivity index (χ0v) is 17.5. The molecular formula is C22H24N3O3P. The first-order chi connectivity index (χ1) is 14.1. The topological polar surface area (TPSA) is 66.2 Å². The number of fused-ring (bicyclic) bond motifs is 3. The molecule has 0 N–H and O–H groups in total. The SMILES string of the molecule is CCOP(=O)(Cc1ccc(Cn2c3ccccc3c3ncccc32)nc1)OCC. The molecule has 1 aromatic carbocycles. The van der Waals surface area contributed by atoms with E-state index in [4.69, 9.17) is 9.05 Å². The van der Waals surface area contributed by atoms with Gasteiger partial charge < -0.3 is 13.6 Å². The highest BCUT2D eigenvalue weighted by Gasteiger charge is 2.24. The maximum absolute atomic E-state index is 12.7. The molecule has 3 aromatic heterocycles. The minimum atomic E-state index is -3.13. The van der Waals surface area contributed by atoms with Crippen LogP contribution in [0.1, 0.15) is 25.1 Å². The third-order valence-corrected chi connectivity index (χ3v) is 6.82. The van der Waals surface area contributed by atoms with Crippen molar-refractivity contribution in [3.05, 3.63) is 72.2 Å². The van der Waals surface area contributed by atoms with Gasteiger partial charge >= 0.3 is 7.60 Å². The zero-order chi connectivity index (χ0) is 20.3. The molecule has 0 saturated heterocycles. The Bertz CT molecular complexity index is 1110. The normalized spacial score (nSPS) is 12.1. The van der Waals surface area contributed by atoms with Crippen LogP contribution in [0.5, 0.6) is 0 Å². The summed E-state index contributed by atoms with van der Waals surface area (Å²) in [5.41, 5.74) is 4.96. The van der Waals surface area contributed by atoms with Gasteiger partial charge in [-0.2, -0.15) is 0 Å². The summed E-state index contributed by atoms with van der Waals surface area (Å²) >= 11 is 0. The number of hydrogen-bond donors (Lipinski definition) is 0. The van der Waals surface area contributed by atoms with Crippen LogP contribution in [-0.2, 0) is 26.3 Å². The van der Waals surface area contributed by atoms with Crippen molar-refractivity contribution < 1.29 is 13.6 Å². The molecule has 4 aromatic rings. The molecule has 0 aliphatic rings. The van der Waals surface area contributed by atoms with E-state index in [0.29, 0.717) is 19.8 Å². The van der Waals surface area contributed by atoms with Crippen LogP contribution in [0.25, 0.3) is 21.9 Å². The van der Waals surface area contributed by atoms with Gasteiger partial charge in [-0.05, 0) is 43.7 Å². The number of nitrogens with zero attached hydrogens (tertiary/aromatic N) is 3. The molecule has 0 unspecified atom stereocenters. The van der Waals surface area contributed by atoms with Gasteiger partial charge in [0.2, 0.25) is 0 Å². The van der Waals surface area contributed by atoms with E-state index < -0.39 is 7.60 Å². The first-order valence-electron chi connectivity index (χ1n) is 9.77. The van der Waals surface area contributed by atoms with Crippen molar-refractivity contribution in [3.8, 4) is 0 Å². The highest BCUT2D eigenvalue weighted by atomic mass is 31.2. The molecule has 0 atom stereocenters. The molecule has 0 radical (unpaired) electrons. The molecule has 29 heavy (non-hydrogen) atoms. The van der Waals surface area contributed by atoms with Crippen molar-refractivity contribution >= 4 is 29.5 Å². The Balaban J connectivity index is 1.62. The minimum Gasteiger partial charge on any atom is -0.333 e. The minimum absolute atomic E-state index is 0.223. The van der Waals surface area contributed by atoms with Crippen LogP contribution in [0.4, 0.5) is 0 Å². The molecule has 7 heteroatoms. The number of aromatic nitrogens is 3. The quantitative estimate of drug-likeness (QED) is 0.365. The molecule has 150 valence electrons. The summed E-state index contributed by atoms with van der Waals surface area (Å²) in [5.74, 6) is 0. The summed E-state index contributed by atoms with van der Waals surface area (Å²) < 4.78 is 25.7. The first kappa shape index (κ1) is 19.8. The average molecular weight is 409 g/mol. The van der Waals surface area contributed by atoms with Gasteiger partial charge in [0.1, 0.15) is 0 Å². The second-order valence-corrected chi connectivity index (χ2v) is 8.79. The molecular weight excluding hydrogens is 385 g/mol. The van der Waals surface area contributed by atoms with Crippen molar-refractivity contribution in [2.45, 2.75) is 26.6 Å². The van der Waals surface area contributed by atoms with Crippen molar-refractivity contribution in [2.75, 3.05) is 13.2 Å². The molecule has 6 nitrogen and oxygen atoms in total. The third kappa shape index (κ3) is 4.10. The van der Waals surface area contributed by atoms with Crippen molar-refractivity contribution in [1.82, 2.24) is 14.5 Å². The molecule has 4 rings (SSSR count). The monoisotopic (exact) mass is 409 g/mol. The lowest BCUT2D eigenvalue weighted by molar-refractivity contribution is 0.219. The van der Waals surface area contributed by atoms with Crippen LogP contribution < -0.4 is 0 Å². The summed E-state index contributed by atoms with van der Waals surface area (Å²) in [4.78, 5) is 9.16. The zero-order valence-electron chi connectivity index (χ0n) is 16.6. The second kappa shape index (κ2) is 8.46.